The third-order valence-corrected chi connectivity index (χ3v) is 4.26. The second-order valence-electron chi connectivity index (χ2n) is 5.90. The van der Waals surface area contributed by atoms with Crippen LogP contribution >= 0.6 is 0 Å². The molecule has 118 valence electrons. The molecular weight excluding hydrogens is 286 g/mol. The molecule has 1 atom stereocenters. The van der Waals surface area contributed by atoms with Gasteiger partial charge in [0.05, 0.1) is 18.7 Å². The Kier molecular flexibility index (Phi) is 4.02. The van der Waals surface area contributed by atoms with E-state index in [9.17, 15) is 14.7 Å². The van der Waals surface area contributed by atoms with Crippen LogP contribution in [0.1, 0.15) is 24.8 Å². The number of carboxylic acids is 1. The van der Waals surface area contributed by atoms with Crippen LogP contribution in [-0.4, -0.2) is 46.9 Å². The molecule has 1 N–H and O–H groups in total. The Morgan fingerprint density at radius 3 is 2.64 bits per heavy atom. The molecule has 6 heteroatoms. The molecule has 2 fully saturated rings. The largest absolute Gasteiger partial charge is 0.479 e. The van der Waals surface area contributed by atoms with E-state index in [2.05, 4.69) is 0 Å². The van der Waals surface area contributed by atoms with Gasteiger partial charge in [-0.2, -0.15) is 0 Å². The number of nitrogens with zero attached hydrogens (tertiary/aromatic N) is 1. The quantitative estimate of drug-likeness (QED) is 0.924. The van der Waals surface area contributed by atoms with Gasteiger partial charge in [-0.3, -0.25) is 0 Å². The number of carbonyl (C=O) groups excluding carboxylic acids is 1. The second-order valence-corrected chi connectivity index (χ2v) is 5.90. The summed E-state index contributed by atoms with van der Waals surface area (Å²) in [5.74, 6) is -1.04. The monoisotopic (exact) mass is 305 g/mol. The van der Waals surface area contributed by atoms with Gasteiger partial charge in [0.25, 0.3) is 0 Å². The van der Waals surface area contributed by atoms with Gasteiger partial charge in [-0.25, -0.2) is 9.59 Å². The van der Waals surface area contributed by atoms with Gasteiger partial charge >= 0.3 is 12.1 Å². The molecule has 1 saturated carbocycles. The number of ether oxygens (including phenoxy) is 2. The SMILES string of the molecule is O=C(O)C1CN(C(=O)OCc2ccccc2)CC2(CCC2)O1. The summed E-state index contributed by atoms with van der Waals surface area (Å²) in [5, 5.41) is 9.19. The van der Waals surface area contributed by atoms with Crippen LogP contribution in [0.25, 0.3) is 0 Å². The zero-order valence-electron chi connectivity index (χ0n) is 12.2. The summed E-state index contributed by atoms with van der Waals surface area (Å²) in [6, 6.07) is 9.40. The molecule has 6 nitrogen and oxygen atoms in total. The van der Waals surface area contributed by atoms with Gasteiger partial charge in [-0.15, -0.1) is 0 Å². The first-order chi connectivity index (χ1) is 10.6. The molecule has 1 saturated heterocycles. The Morgan fingerprint density at radius 1 is 1.32 bits per heavy atom. The average Bonchev–Trinajstić information content (AvgIpc) is 2.51. The van der Waals surface area contributed by atoms with E-state index in [1.165, 1.54) is 4.90 Å². The van der Waals surface area contributed by atoms with Crippen molar-refractivity contribution >= 4 is 12.1 Å². The minimum atomic E-state index is -1.04. The predicted molar refractivity (Wildman–Crippen MR) is 77.3 cm³/mol. The lowest BCUT2D eigenvalue weighted by Gasteiger charge is -2.49. The number of hydrogen-bond donors (Lipinski definition) is 1. The van der Waals surface area contributed by atoms with E-state index in [4.69, 9.17) is 9.47 Å². The Hall–Kier alpha value is -2.08. The maximum atomic E-state index is 12.2. The van der Waals surface area contributed by atoms with Crippen LogP contribution in [0, 0.1) is 0 Å². The first-order valence-electron chi connectivity index (χ1n) is 7.44. The second kappa shape index (κ2) is 5.96. The smallest absolute Gasteiger partial charge is 0.410 e. The van der Waals surface area contributed by atoms with E-state index in [1.807, 2.05) is 30.3 Å². The van der Waals surface area contributed by atoms with Crippen molar-refractivity contribution in [3.8, 4) is 0 Å². The van der Waals surface area contributed by atoms with Gasteiger partial charge in [-0.05, 0) is 24.8 Å². The Balaban J connectivity index is 1.62. The fourth-order valence-corrected chi connectivity index (χ4v) is 2.91. The molecule has 3 rings (SSSR count). The maximum absolute atomic E-state index is 12.2. The summed E-state index contributed by atoms with van der Waals surface area (Å²) < 4.78 is 11.0. The number of benzene rings is 1. The lowest BCUT2D eigenvalue weighted by Crippen LogP contribution is -2.61. The molecule has 1 aromatic rings. The highest BCUT2D eigenvalue weighted by atomic mass is 16.6. The van der Waals surface area contributed by atoms with E-state index >= 15 is 0 Å². The fraction of sp³-hybridized carbons (Fsp3) is 0.500. The van der Waals surface area contributed by atoms with Crippen molar-refractivity contribution in [2.45, 2.75) is 37.6 Å². The molecule has 1 aliphatic heterocycles. The highest BCUT2D eigenvalue weighted by molar-refractivity contribution is 5.75. The summed E-state index contributed by atoms with van der Waals surface area (Å²) in [4.78, 5) is 24.9. The fourth-order valence-electron chi connectivity index (χ4n) is 2.91. The van der Waals surface area contributed by atoms with Gasteiger partial charge in [0, 0.05) is 0 Å². The van der Waals surface area contributed by atoms with E-state index in [-0.39, 0.29) is 13.2 Å². The van der Waals surface area contributed by atoms with Crippen LogP contribution < -0.4 is 0 Å². The van der Waals surface area contributed by atoms with Crippen LogP contribution in [0.5, 0.6) is 0 Å². The maximum Gasteiger partial charge on any atom is 0.410 e. The van der Waals surface area contributed by atoms with E-state index in [0.29, 0.717) is 6.54 Å². The van der Waals surface area contributed by atoms with Crippen LogP contribution in [0.4, 0.5) is 4.79 Å². The molecule has 22 heavy (non-hydrogen) atoms. The van der Waals surface area contributed by atoms with Crippen LogP contribution in [0.15, 0.2) is 30.3 Å². The lowest BCUT2D eigenvalue weighted by atomic mass is 9.78. The first-order valence-corrected chi connectivity index (χ1v) is 7.44. The number of morpholine rings is 1. The van der Waals surface area contributed by atoms with Crippen molar-refractivity contribution in [1.29, 1.82) is 0 Å². The zero-order valence-corrected chi connectivity index (χ0v) is 12.2. The van der Waals surface area contributed by atoms with Crippen LogP contribution in [0.2, 0.25) is 0 Å². The lowest BCUT2D eigenvalue weighted by molar-refractivity contribution is -0.201. The van der Waals surface area contributed by atoms with Crippen LogP contribution in [0.3, 0.4) is 0 Å². The molecule has 1 aliphatic carbocycles. The normalized spacial score (nSPS) is 22.9. The number of hydrogen-bond acceptors (Lipinski definition) is 4. The molecule has 1 unspecified atom stereocenters. The molecule has 0 bridgehead atoms. The molecule has 0 aromatic heterocycles. The standard InChI is InChI=1S/C16H19NO5/c18-14(19)13-9-17(11-16(22-13)7-4-8-16)15(20)21-10-12-5-2-1-3-6-12/h1-3,5-6,13H,4,7-11H2,(H,18,19). The van der Waals surface area contributed by atoms with E-state index in [1.54, 1.807) is 0 Å². The number of aliphatic carboxylic acids is 1. The van der Waals surface area contributed by atoms with E-state index in [0.717, 1.165) is 24.8 Å². The van der Waals surface area contributed by atoms with Crippen molar-refractivity contribution in [2.75, 3.05) is 13.1 Å². The minimum Gasteiger partial charge on any atom is -0.479 e. The third-order valence-electron chi connectivity index (χ3n) is 4.26. The summed E-state index contributed by atoms with van der Waals surface area (Å²) in [6.07, 6.45) is 1.13. The number of carbonyl (C=O) groups is 2. The Labute approximate surface area is 128 Å². The van der Waals surface area contributed by atoms with E-state index < -0.39 is 23.8 Å². The van der Waals surface area contributed by atoms with Gasteiger partial charge in [0.2, 0.25) is 0 Å². The van der Waals surface area contributed by atoms with Gasteiger partial charge in [0.15, 0.2) is 6.10 Å². The Morgan fingerprint density at radius 2 is 2.05 bits per heavy atom. The van der Waals surface area contributed by atoms with Crippen molar-refractivity contribution < 1.29 is 24.2 Å². The summed E-state index contributed by atoms with van der Waals surface area (Å²) in [6.45, 7) is 0.622. The number of amides is 1. The molecular formula is C16H19NO5. The molecule has 1 aromatic carbocycles. The third kappa shape index (κ3) is 3.06. The minimum absolute atomic E-state index is 0.0324. The predicted octanol–water partition coefficient (Wildman–Crippen LogP) is 2.03. The highest BCUT2D eigenvalue weighted by Gasteiger charge is 2.48. The number of carboxylic acid groups (broad SMARTS) is 1. The summed E-state index contributed by atoms with van der Waals surface area (Å²) >= 11 is 0. The van der Waals surface area contributed by atoms with Gasteiger partial charge in [-0.1, -0.05) is 30.3 Å². The first kappa shape index (κ1) is 14.8. The van der Waals surface area contributed by atoms with Crippen molar-refractivity contribution in [3.63, 3.8) is 0 Å². The molecule has 1 amide bonds. The van der Waals surface area contributed by atoms with Crippen molar-refractivity contribution in [1.82, 2.24) is 4.90 Å². The molecule has 1 heterocycles. The number of rotatable bonds is 3. The molecule has 2 aliphatic rings. The van der Waals surface area contributed by atoms with Crippen molar-refractivity contribution in [3.05, 3.63) is 35.9 Å². The topological polar surface area (TPSA) is 76.1 Å². The molecule has 1 spiro atoms. The molecule has 0 radical (unpaired) electrons. The summed E-state index contributed by atoms with van der Waals surface area (Å²) in [5.41, 5.74) is 0.407. The van der Waals surface area contributed by atoms with Gasteiger partial charge < -0.3 is 19.5 Å². The summed E-state index contributed by atoms with van der Waals surface area (Å²) in [7, 11) is 0. The highest BCUT2D eigenvalue weighted by Crippen LogP contribution is 2.40. The van der Waals surface area contributed by atoms with Crippen molar-refractivity contribution in [2.24, 2.45) is 0 Å². The van der Waals surface area contributed by atoms with Crippen LogP contribution in [-0.2, 0) is 20.9 Å². The Bertz CT molecular complexity index is 555. The van der Waals surface area contributed by atoms with Gasteiger partial charge in [0.1, 0.15) is 6.61 Å². The average molecular weight is 305 g/mol. The zero-order chi connectivity index (χ0) is 15.6.